The number of fused-ring (bicyclic) bond motifs is 1. The summed E-state index contributed by atoms with van der Waals surface area (Å²) in [6.45, 7) is 5.26. The number of thioether (sulfide) groups is 1. The molecule has 0 aromatic carbocycles. The van der Waals surface area contributed by atoms with Crippen molar-refractivity contribution in [1.82, 2.24) is 9.88 Å². The van der Waals surface area contributed by atoms with Crippen LogP contribution in [0.25, 0.3) is 0 Å². The number of hydrogen-bond acceptors (Lipinski definition) is 5. The first-order chi connectivity index (χ1) is 7.69. The van der Waals surface area contributed by atoms with Gasteiger partial charge in [-0.15, -0.1) is 11.3 Å². The molecule has 1 N–H and O–H groups in total. The first-order valence-electron chi connectivity index (χ1n) is 5.24. The Morgan fingerprint density at radius 1 is 1.69 bits per heavy atom. The molecule has 0 radical (unpaired) electrons. The number of nitrogens with zero attached hydrogens (tertiary/aromatic N) is 2. The quantitative estimate of drug-likeness (QED) is 0.833. The highest BCUT2D eigenvalue weighted by atomic mass is 32.2. The summed E-state index contributed by atoms with van der Waals surface area (Å²) >= 11 is 2.96. The van der Waals surface area contributed by atoms with E-state index in [0.717, 1.165) is 30.4 Å². The molecule has 1 aromatic heterocycles. The molecule has 16 heavy (non-hydrogen) atoms. The first kappa shape index (κ1) is 11.9. The number of aromatic nitrogens is 1. The van der Waals surface area contributed by atoms with Crippen LogP contribution in [-0.4, -0.2) is 39.8 Å². The van der Waals surface area contributed by atoms with Gasteiger partial charge in [0.2, 0.25) is 0 Å². The van der Waals surface area contributed by atoms with Gasteiger partial charge in [-0.25, -0.2) is 4.98 Å². The van der Waals surface area contributed by atoms with E-state index in [1.807, 2.05) is 0 Å². The van der Waals surface area contributed by atoms with Crippen molar-refractivity contribution in [2.75, 3.05) is 18.8 Å². The Balaban J connectivity index is 2.03. The largest absolute Gasteiger partial charge is 0.481 e. The number of hydrogen-bond donors (Lipinski definition) is 1. The SMILES string of the molecule is CCN1CCc2nc(SCC(=O)O)sc2C1. The predicted molar refractivity (Wildman–Crippen MR) is 65.1 cm³/mol. The second-order valence-corrected chi connectivity index (χ2v) is 5.96. The average molecular weight is 258 g/mol. The summed E-state index contributed by atoms with van der Waals surface area (Å²) in [5.41, 5.74) is 1.17. The van der Waals surface area contributed by atoms with Gasteiger partial charge in [0.15, 0.2) is 4.34 Å². The highest BCUT2D eigenvalue weighted by Crippen LogP contribution is 2.30. The third-order valence-corrected chi connectivity index (χ3v) is 4.77. The van der Waals surface area contributed by atoms with Crippen LogP contribution in [0.2, 0.25) is 0 Å². The van der Waals surface area contributed by atoms with E-state index in [4.69, 9.17) is 5.11 Å². The first-order valence-corrected chi connectivity index (χ1v) is 7.04. The Hall–Kier alpha value is -0.590. The molecule has 4 nitrogen and oxygen atoms in total. The lowest BCUT2D eigenvalue weighted by Gasteiger charge is -2.23. The van der Waals surface area contributed by atoms with Gasteiger partial charge in [-0.3, -0.25) is 9.69 Å². The van der Waals surface area contributed by atoms with Crippen LogP contribution in [0.4, 0.5) is 0 Å². The maximum atomic E-state index is 10.5. The summed E-state index contributed by atoms with van der Waals surface area (Å²) in [6, 6.07) is 0. The van der Waals surface area contributed by atoms with E-state index in [9.17, 15) is 4.79 Å². The van der Waals surface area contributed by atoms with Gasteiger partial charge >= 0.3 is 5.97 Å². The summed E-state index contributed by atoms with van der Waals surface area (Å²) in [6.07, 6.45) is 0.993. The summed E-state index contributed by atoms with van der Waals surface area (Å²) < 4.78 is 0.894. The molecule has 0 fully saturated rings. The molecule has 1 aliphatic heterocycles. The van der Waals surface area contributed by atoms with Gasteiger partial charge in [-0.05, 0) is 6.54 Å². The molecular formula is C10H14N2O2S2. The number of carboxylic acid groups (broad SMARTS) is 1. The van der Waals surface area contributed by atoms with Crippen molar-refractivity contribution in [1.29, 1.82) is 0 Å². The van der Waals surface area contributed by atoms with Crippen LogP contribution in [0.1, 0.15) is 17.5 Å². The molecule has 0 saturated heterocycles. The summed E-state index contributed by atoms with van der Waals surface area (Å²) in [5, 5.41) is 8.61. The number of rotatable bonds is 4. The summed E-state index contributed by atoms with van der Waals surface area (Å²) in [4.78, 5) is 18.6. The molecule has 6 heteroatoms. The normalized spacial score (nSPS) is 16.1. The fraction of sp³-hybridized carbons (Fsp3) is 0.600. The number of carbonyl (C=O) groups is 1. The van der Waals surface area contributed by atoms with Crippen molar-refractivity contribution < 1.29 is 9.90 Å². The zero-order valence-corrected chi connectivity index (χ0v) is 10.7. The lowest BCUT2D eigenvalue weighted by atomic mass is 10.2. The highest BCUT2D eigenvalue weighted by Gasteiger charge is 2.19. The van der Waals surface area contributed by atoms with Crippen LogP contribution >= 0.6 is 23.1 Å². The van der Waals surface area contributed by atoms with Crippen molar-refractivity contribution in [3.63, 3.8) is 0 Å². The molecule has 0 amide bonds. The predicted octanol–water partition coefficient (Wildman–Crippen LogP) is 1.70. The molecule has 0 unspecified atom stereocenters. The van der Waals surface area contributed by atoms with Gasteiger partial charge in [-0.1, -0.05) is 18.7 Å². The van der Waals surface area contributed by atoms with Crippen LogP contribution in [0, 0.1) is 0 Å². The maximum absolute atomic E-state index is 10.5. The molecule has 2 heterocycles. The third-order valence-electron chi connectivity index (χ3n) is 2.56. The average Bonchev–Trinajstić information content (AvgIpc) is 2.67. The van der Waals surface area contributed by atoms with E-state index in [1.54, 1.807) is 11.3 Å². The van der Waals surface area contributed by atoms with Crippen molar-refractivity contribution in [3.8, 4) is 0 Å². The van der Waals surface area contributed by atoms with Gasteiger partial charge in [0, 0.05) is 24.4 Å². The molecule has 0 atom stereocenters. The van der Waals surface area contributed by atoms with Gasteiger partial charge in [0.1, 0.15) is 0 Å². The van der Waals surface area contributed by atoms with Crippen molar-refractivity contribution >= 4 is 29.1 Å². The molecule has 88 valence electrons. The number of thiazole rings is 1. The van der Waals surface area contributed by atoms with E-state index in [-0.39, 0.29) is 5.75 Å². The standard InChI is InChI=1S/C10H14N2O2S2/c1-2-12-4-3-7-8(5-12)16-10(11-7)15-6-9(13)14/h2-6H2,1H3,(H,13,14). The van der Waals surface area contributed by atoms with Crippen LogP contribution in [0.3, 0.4) is 0 Å². The Morgan fingerprint density at radius 3 is 3.19 bits per heavy atom. The van der Waals surface area contributed by atoms with Crippen molar-refractivity contribution in [2.45, 2.75) is 24.2 Å². The molecule has 1 aromatic rings. The van der Waals surface area contributed by atoms with Gasteiger partial charge < -0.3 is 5.11 Å². The minimum atomic E-state index is -0.784. The smallest absolute Gasteiger partial charge is 0.313 e. The van der Waals surface area contributed by atoms with Crippen LogP contribution in [0.15, 0.2) is 4.34 Å². The second kappa shape index (κ2) is 5.16. The minimum Gasteiger partial charge on any atom is -0.481 e. The molecule has 2 rings (SSSR count). The molecule has 1 aliphatic rings. The summed E-state index contributed by atoms with van der Waals surface area (Å²) in [7, 11) is 0. The van der Waals surface area contributed by atoms with E-state index in [2.05, 4.69) is 16.8 Å². The lowest BCUT2D eigenvalue weighted by Crippen LogP contribution is -2.29. The molecule has 0 saturated carbocycles. The Labute approximate surface area is 103 Å². The minimum absolute atomic E-state index is 0.101. The van der Waals surface area contributed by atoms with Crippen molar-refractivity contribution in [3.05, 3.63) is 10.6 Å². The topological polar surface area (TPSA) is 53.4 Å². The maximum Gasteiger partial charge on any atom is 0.313 e. The molecule has 0 bridgehead atoms. The fourth-order valence-corrected chi connectivity index (χ4v) is 3.70. The van der Waals surface area contributed by atoms with E-state index in [1.165, 1.54) is 22.3 Å². The van der Waals surface area contributed by atoms with Gasteiger partial charge in [0.25, 0.3) is 0 Å². The second-order valence-electron chi connectivity index (χ2n) is 3.65. The van der Waals surface area contributed by atoms with Gasteiger partial charge in [0.05, 0.1) is 11.4 Å². The Morgan fingerprint density at radius 2 is 2.50 bits per heavy atom. The van der Waals surface area contributed by atoms with Crippen LogP contribution in [0.5, 0.6) is 0 Å². The molecule has 0 aliphatic carbocycles. The molecular weight excluding hydrogens is 244 g/mol. The fourth-order valence-electron chi connectivity index (χ4n) is 1.68. The van der Waals surface area contributed by atoms with E-state index < -0.39 is 5.97 Å². The zero-order chi connectivity index (χ0) is 11.5. The van der Waals surface area contributed by atoms with E-state index >= 15 is 0 Å². The summed E-state index contributed by atoms with van der Waals surface area (Å²) in [5.74, 6) is -0.683. The van der Waals surface area contributed by atoms with E-state index in [0.29, 0.717) is 0 Å². The number of likely N-dealkylation sites (N-methyl/N-ethyl adjacent to an activating group) is 1. The lowest BCUT2D eigenvalue weighted by molar-refractivity contribution is -0.133. The Bertz CT molecular complexity index is 392. The number of carboxylic acids is 1. The molecule has 0 spiro atoms. The number of aliphatic carboxylic acids is 1. The monoisotopic (exact) mass is 258 g/mol. The third kappa shape index (κ3) is 2.75. The van der Waals surface area contributed by atoms with Gasteiger partial charge in [-0.2, -0.15) is 0 Å². The Kier molecular flexibility index (Phi) is 3.83. The zero-order valence-electron chi connectivity index (χ0n) is 9.10. The van der Waals surface area contributed by atoms with Crippen LogP contribution < -0.4 is 0 Å². The van der Waals surface area contributed by atoms with Crippen LogP contribution in [-0.2, 0) is 17.8 Å². The highest BCUT2D eigenvalue weighted by molar-refractivity contribution is 8.01. The van der Waals surface area contributed by atoms with Crippen molar-refractivity contribution in [2.24, 2.45) is 0 Å².